The van der Waals surface area contributed by atoms with Gasteiger partial charge in [-0.1, -0.05) is 24.3 Å². The first-order chi connectivity index (χ1) is 14.2. The van der Waals surface area contributed by atoms with Crippen LogP contribution in [-0.4, -0.2) is 42.7 Å². The lowest BCUT2D eigenvalue weighted by Crippen LogP contribution is -2.39. The summed E-state index contributed by atoms with van der Waals surface area (Å²) in [6.45, 7) is 12.8. The average Bonchev–Trinajstić information content (AvgIpc) is 2.69. The van der Waals surface area contributed by atoms with E-state index in [1.165, 1.54) is 5.56 Å². The number of carbonyl (C=O) groups excluding carboxylic acids is 1. The Kier molecular flexibility index (Phi) is 7.16. The quantitative estimate of drug-likeness (QED) is 0.612. The van der Waals surface area contributed by atoms with Crippen LogP contribution in [-0.2, 0) is 14.3 Å². The summed E-state index contributed by atoms with van der Waals surface area (Å²) in [5.74, 6) is 1.54. The van der Waals surface area contributed by atoms with E-state index in [1.807, 2.05) is 45.0 Å². The molecule has 2 aromatic rings. The van der Waals surface area contributed by atoms with Gasteiger partial charge in [-0.2, -0.15) is 0 Å². The second kappa shape index (κ2) is 9.63. The summed E-state index contributed by atoms with van der Waals surface area (Å²) in [4.78, 5) is 14.3. The van der Waals surface area contributed by atoms with Crippen molar-refractivity contribution in [2.24, 2.45) is 0 Å². The van der Waals surface area contributed by atoms with Crippen LogP contribution in [0.4, 0.5) is 0 Å². The molecule has 0 radical (unpaired) electrons. The number of hydrogen-bond donors (Lipinski definition) is 0. The molecule has 5 heteroatoms. The van der Waals surface area contributed by atoms with Crippen molar-refractivity contribution >= 4 is 5.97 Å². The van der Waals surface area contributed by atoms with E-state index in [4.69, 9.17) is 14.2 Å². The predicted molar refractivity (Wildman–Crippen MR) is 118 cm³/mol. The highest BCUT2D eigenvalue weighted by molar-refractivity contribution is 5.70. The van der Waals surface area contributed by atoms with Gasteiger partial charge in [0, 0.05) is 19.6 Å². The molecule has 30 heavy (non-hydrogen) atoms. The molecule has 3 rings (SSSR count). The van der Waals surface area contributed by atoms with Gasteiger partial charge in [0.15, 0.2) is 0 Å². The Morgan fingerprint density at radius 2 is 1.87 bits per heavy atom. The van der Waals surface area contributed by atoms with Gasteiger partial charge in [0.2, 0.25) is 0 Å². The van der Waals surface area contributed by atoms with Crippen LogP contribution in [0, 0.1) is 13.8 Å². The van der Waals surface area contributed by atoms with Crippen molar-refractivity contribution in [3.05, 3.63) is 59.2 Å². The summed E-state index contributed by atoms with van der Waals surface area (Å²) < 4.78 is 17.4. The number of esters is 1. The summed E-state index contributed by atoms with van der Waals surface area (Å²) in [7, 11) is 0. The van der Waals surface area contributed by atoms with Crippen LogP contribution in [0.2, 0.25) is 0 Å². The van der Waals surface area contributed by atoms with E-state index in [0.29, 0.717) is 19.6 Å². The van der Waals surface area contributed by atoms with Gasteiger partial charge in [-0.3, -0.25) is 9.69 Å². The van der Waals surface area contributed by atoms with Crippen LogP contribution in [0.1, 0.15) is 50.0 Å². The summed E-state index contributed by atoms with van der Waals surface area (Å²) >= 11 is 0. The summed E-state index contributed by atoms with van der Waals surface area (Å²) in [6.07, 6.45) is 0.388. The van der Waals surface area contributed by atoms with Crippen molar-refractivity contribution in [1.82, 2.24) is 4.90 Å². The number of rotatable bonds is 6. The molecule has 0 bridgehead atoms. The maximum atomic E-state index is 12.0. The fourth-order valence-electron chi connectivity index (χ4n) is 3.46. The third-order valence-electron chi connectivity index (χ3n) is 5.24. The van der Waals surface area contributed by atoms with Crippen LogP contribution in [0.25, 0.3) is 0 Å². The second-order valence-corrected chi connectivity index (χ2v) is 8.87. The smallest absolute Gasteiger partial charge is 0.307 e. The Hall–Kier alpha value is -2.37. The number of carbonyl (C=O) groups is 1. The zero-order valence-corrected chi connectivity index (χ0v) is 18.7. The third-order valence-corrected chi connectivity index (χ3v) is 5.24. The summed E-state index contributed by atoms with van der Waals surface area (Å²) in [5, 5.41) is 0. The monoisotopic (exact) mass is 411 g/mol. The second-order valence-electron chi connectivity index (χ2n) is 8.87. The molecular formula is C25H33NO4. The molecule has 5 nitrogen and oxygen atoms in total. The van der Waals surface area contributed by atoms with Gasteiger partial charge >= 0.3 is 5.97 Å². The molecule has 0 amide bonds. The van der Waals surface area contributed by atoms with Gasteiger partial charge in [-0.05, 0) is 69.5 Å². The van der Waals surface area contributed by atoms with Crippen molar-refractivity contribution in [2.45, 2.75) is 52.7 Å². The minimum atomic E-state index is -0.439. The highest BCUT2D eigenvalue weighted by atomic mass is 16.6. The van der Waals surface area contributed by atoms with Crippen molar-refractivity contribution in [1.29, 1.82) is 0 Å². The van der Waals surface area contributed by atoms with Gasteiger partial charge in [0.25, 0.3) is 0 Å². The van der Waals surface area contributed by atoms with Gasteiger partial charge in [0.05, 0.1) is 19.1 Å². The lowest BCUT2D eigenvalue weighted by atomic mass is 10.1. The Morgan fingerprint density at radius 3 is 2.57 bits per heavy atom. The molecule has 0 spiro atoms. The molecule has 1 unspecified atom stereocenters. The number of ether oxygens (including phenoxy) is 3. The summed E-state index contributed by atoms with van der Waals surface area (Å²) in [6, 6.07) is 14.2. The fraction of sp³-hybridized carbons (Fsp3) is 0.480. The predicted octanol–water partition coefficient (Wildman–Crippen LogP) is 5.20. The molecule has 1 aliphatic heterocycles. The molecule has 1 atom stereocenters. The number of benzene rings is 2. The van der Waals surface area contributed by atoms with Crippen LogP contribution >= 0.6 is 0 Å². The standard InChI is InChI=1S/C25H33NO4/c1-18-7-6-8-22(19(18)2)29-21-11-9-20(10-12-21)23-17-26(15-16-28-23)14-13-24(27)30-25(3,4)5/h6-12,23H,13-17H2,1-5H3. The van der Waals surface area contributed by atoms with E-state index in [-0.39, 0.29) is 12.1 Å². The Balaban J connectivity index is 1.55. The highest BCUT2D eigenvalue weighted by Gasteiger charge is 2.23. The number of aryl methyl sites for hydroxylation is 1. The molecule has 1 fully saturated rings. The first kappa shape index (κ1) is 22.3. The van der Waals surface area contributed by atoms with E-state index in [0.717, 1.165) is 35.7 Å². The van der Waals surface area contributed by atoms with Gasteiger partial charge in [-0.15, -0.1) is 0 Å². The number of nitrogens with zero attached hydrogens (tertiary/aromatic N) is 1. The molecule has 1 aliphatic rings. The van der Waals surface area contributed by atoms with E-state index < -0.39 is 5.60 Å². The zero-order valence-electron chi connectivity index (χ0n) is 18.7. The molecule has 0 aromatic heterocycles. The van der Waals surface area contributed by atoms with Crippen LogP contribution in [0.15, 0.2) is 42.5 Å². The van der Waals surface area contributed by atoms with Crippen molar-refractivity contribution in [3.63, 3.8) is 0 Å². The van der Waals surface area contributed by atoms with Gasteiger partial charge in [0.1, 0.15) is 17.1 Å². The minimum Gasteiger partial charge on any atom is -0.460 e. The SMILES string of the molecule is Cc1cccc(Oc2ccc(C3CN(CCC(=O)OC(C)(C)C)CCO3)cc2)c1C. The van der Waals surface area contributed by atoms with Crippen LogP contribution in [0.5, 0.6) is 11.5 Å². The average molecular weight is 412 g/mol. The van der Waals surface area contributed by atoms with Gasteiger partial charge < -0.3 is 14.2 Å². The van der Waals surface area contributed by atoms with Crippen molar-refractivity contribution in [3.8, 4) is 11.5 Å². The van der Waals surface area contributed by atoms with E-state index in [9.17, 15) is 4.79 Å². The Labute approximate surface area is 179 Å². The third kappa shape index (κ3) is 6.31. The largest absolute Gasteiger partial charge is 0.460 e. The maximum Gasteiger partial charge on any atom is 0.307 e. The lowest BCUT2D eigenvalue weighted by molar-refractivity contribution is -0.155. The van der Waals surface area contributed by atoms with Gasteiger partial charge in [-0.25, -0.2) is 0 Å². The number of hydrogen-bond acceptors (Lipinski definition) is 5. The lowest BCUT2D eigenvalue weighted by Gasteiger charge is -2.33. The zero-order chi connectivity index (χ0) is 21.7. The topological polar surface area (TPSA) is 48.0 Å². The molecule has 162 valence electrons. The molecule has 0 saturated carbocycles. The van der Waals surface area contributed by atoms with E-state index in [2.05, 4.69) is 36.9 Å². The minimum absolute atomic E-state index is 0.00728. The molecule has 0 N–H and O–H groups in total. The molecule has 0 aliphatic carbocycles. The van der Waals surface area contributed by atoms with E-state index >= 15 is 0 Å². The summed E-state index contributed by atoms with van der Waals surface area (Å²) in [5.41, 5.74) is 3.04. The Bertz CT molecular complexity index is 854. The molecule has 1 heterocycles. The normalized spacial score (nSPS) is 17.6. The fourth-order valence-corrected chi connectivity index (χ4v) is 3.46. The maximum absolute atomic E-state index is 12.0. The first-order valence-corrected chi connectivity index (χ1v) is 10.6. The Morgan fingerprint density at radius 1 is 1.13 bits per heavy atom. The molecular weight excluding hydrogens is 378 g/mol. The van der Waals surface area contributed by atoms with Crippen molar-refractivity contribution < 1.29 is 19.0 Å². The molecule has 1 saturated heterocycles. The first-order valence-electron chi connectivity index (χ1n) is 10.6. The molecule has 2 aromatic carbocycles. The van der Waals surface area contributed by atoms with Crippen LogP contribution in [0.3, 0.4) is 0 Å². The number of morpholine rings is 1. The van der Waals surface area contributed by atoms with Crippen molar-refractivity contribution in [2.75, 3.05) is 26.2 Å². The highest BCUT2D eigenvalue weighted by Crippen LogP contribution is 2.29. The van der Waals surface area contributed by atoms with E-state index in [1.54, 1.807) is 0 Å². The van der Waals surface area contributed by atoms with Crippen LogP contribution < -0.4 is 4.74 Å².